The lowest BCUT2D eigenvalue weighted by Crippen LogP contribution is -2.10. The molecule has 4 rings (SSSR count). The summed E-state index contributed by atoms with van der Waals surface area (Å²) in [5.74, 6) is 1.04. The van der Waals surface area contributed by atoms with Crippen LogP contribution in [0.15, 0.2) is 53.6 Å². The molecule has 130 valence electrons. The molecular weight excluding hydrogens is 330 g/mol. The number of hydrogen-bond acceptors (Lipinski definition) is 5. The lowest BCUT2D eigenvalue weighted by molar-refractivity contribution is 0.341. The van der Waals surface area contributed by atoms with Crippen LogP contribution < -0.4 is 16.0 Å². The van der Waals surface area contributed by atoms with Gasteiger partial charge in [-0.2, -0.15) is 0 Å². The van der Waals surface area contributed by atoms with Gasteiger partial charge in [-0.25, -0.2) is 9.97 Å². The summed E-state index contributed by atoms with van der Waals surface area (Å²) in [7, 11) is 0. The number of fused-ring (bicyclic) bond motifs is 1. The highest BCUT2D eigenvalue weighted by molar-refractivity contribution is 5.77. The topological polar surface area (TPSA) is 110 Å². The van der Waals surface area contributed by atoms with Gasteiger partial charge in [0.2, 0.25) is 0 Å². The lowest BCUT2D eigenvalue weighted by Gasteiger charge is -2.12. The van der Waals surface area contributed by atoms with Gasteiger partial charge >= 0.3 is 0 Å². The number of nitrogens with zero attached hydrogens (tertiary/aromatic N) is 2. The molecule has 7 nitrogen and oxygen atoms in total. The molecule has 0 atom stereocenters. The van der Waals surface area contributed by atoms with E-state index >= 15 is 0 Å². The first kappa shape index (κ1) is 15.9. The smallest absolute Gasteiger partial charge is 0.277 e. The van der Waals surface area contributed by atoms with Gasteiger partial charge in [-0.05, 0) is 42.3 Å². The van der Waals surface area contributed by atoms with Gasteiger partial charge in [0.25, 0.3) is 5.56 Å². The molecule has 4 aromatic rings. The van der Waals surface area contributed by atoms with E-state index in [0.29, 0.717) is 40.6 Å². The van der Waals surface area contributed by atoms with Crippen LogP contribution >= 0.6 is 0 Å². The number of nitrogens with two attached hydrogens (primary N) is 1. The van der Waals surface area contributed by atoms with Gasteiger partial charge in [0.05, 0.1) is 18.5 Å². The van der Waals surface area contributed by atoms with Crippen LogP contribution in [0, 0.1) is 0 Å². The van der Waals surface area contributed by atoms with Crippen molar-refractivity contribution < 1.29 is 4.74 Å². The molecular formula is C19H17N5O2. The second kappa shape index (κ2) is 6.36. The van der Waals surface area contributed by atoms with Crippen molar-refractivity contribution in [3.8, 4) is 28.3 Å². The van der Waals surface area contributed by atoms with Crippen molar-refractivity contribution in [3.05, 3.63) is 59.1 Å². The van der Waals surface area contributed by atoms with Crippen molar-refractivity contribution in [2.45, 2.75) is 6.92 Å². The predicted molar refractivity (Wildman–Crippen MR) is 101 cm³/mol. The van der Waals surface area contributed by atoms with Crippen molar-refractivity contribution in [1.29, 1.82) is 0 Å². The quantitative estimate of drug-likeness (QED) is 0.492. The molecule has 0 bridgehead atoms. The number of anilines is 1. The minimum Gasteiger partial charge on any atom is -0.493 e. The van der Waals surface area contributed by atoms with Gasteiger partial charge < -0.3 is 20.4 Å². The van der Waals surface area contributed by atoms with E-state index in [4.69, 9.17) is 10.5 Å². The lowest BCUT2D eigenvalue weighted by atomic mass is 10.0. The van der Waals surface area contributed by atoms with E-state index in [2.05, 4.69) is 19.9 Å². The summed E-state index contributed by atoms with van der Waals surface area (Å²) >= 11 is 0. The molecule has 7 heteroatoms. The average molecular weight is 347 g/mol. The van der Waals surface area contributed by atoms with Crippen molar-refractivity contribution in [3.63, 3.8) is 0 Å². The number of aromatic amines is 2. The van der Waals surface area contributed by atoms with Gasteiger partial charge in [-0.1, -0.05) is 18.2 Å². The number of nitrogen functional groups attached to an aromatic ring is 1. The van der Waals surface area contributed by atoms with E-state index in [9.17, 15) is 4.79 Å². The molecule has 0 saturated carbocycles. The third-order valence-electron chi connectivity index (χ3n) is 4.05. The Bertz CT molecular complexity index is 1150. The number of rotatable bonds is 4. The molecule has 0 aliphatic rings. The first-order valence-electron chi connectivity index (χ1n) is 8.22. The highest BCUT2D eigenvalue weighted by atomic mass is 16.5. The van der Waals surface area contributed by atoms with Crippen LogP contribution in [0.25, 0.3) is 33.7 Å². The average Bonchev–Trinajstić information content (AvgIpc) is 3.11. The Morgan fingerprint density at radius 2 is 2.00 bits per heavy atom. The Morgan fingerprint density at radius 3 is 2.81 bits per heavy atom. The second-order valence-corrected chi connectivity index (χ2v) is 5.79. The fourth-order valence-electron chi connectivity index (χ4n) is 2.86. The Labute approximate surface area is 148 Å². The number of H-pyrrole nitrogens is 2. The highest BCUT2D eigenvalue weighted by Crippen LogP contribution is 2.33. The molecule has 2 aromatic heterocycles. The molecule has 0 spiro atoms. The fourth-order valence-corrected chi connectivity index (χ4v) is 2.86. The van der Waals surface area contributed by atoms with E-state index in [1.54, 1.807) is 0 Å². The minimum atomic E-state index is -0.273. The Hall–Kier alpha value is -3.61. The minimum absolute atomic E-state index is 0.273. The normalized spacial score (nSPS) is 11.0. The Kier molecular flexibility index (Phi) is 3.89. The van der Waals surface area contributed by atoms with Crippen molar-refractivity contribution in [2.75, 3.05) is 12.3 Å². The zero-order chi connectivity index (χ0) is 18.1. The van der Waals surface area contributed by atoms with Crippen LogP contribution in [0.3, 0.4) is 0 Å². The van der Waals surface area contributed by atoms with Crippen LogP contribution in [0.5, 0.6) is 5.75 Å². The van der Waals surface area contributed by atoms with Crippen LogP contribution in [-0.2, 0) is 0 Å². The summed E-state index contributed by atoms with van der Waals surface area (Å²) in [6.07, 6.45) is 1.45. The van der Waals surface area contributed by atoms with Gasteiger partial charge in [0.1, 0.15) is 11.6 Å². The van der Waals surface area contributed by atoms with E-state index in [-0.39, 0.29) is 5.56 Å². The maximum absolute atomic E-state index is 12.2. The molecule has 0 amide bonds. The molecule has 0 saturated heterocycles. The molecule has 0 fully saturated rings. The SMILES string of the molecule is CCOc1cc(-c2cccc(N)c2)ccc1-c1nc2nc[nH]c2c(=O)[nH]1. The molecule has 0 aliphatic carbocycles. The summed E-state index contributed by atoms with van der Waals surface area (Å²) in [4.78, 5) is 26.3. The zero-order valence-corrected chi connectivity index (χ0v) is 14.1. The fraction of sp³-hybridized carbons (Fsp3) is 0.105. The number of imidazole rings is 1. The zero-order valence-electron chi connectivity index (χ0n) is 14.1. The highest BCUT2D eigenvalue weighted by Gasteiger charge is 2.13. The van der Waals surface area contributed by atoms with E-state index in [1.165, 1.54) is 6.33 Å². The summed E-state index contributed by atoms with van der Waals surface area (Å²) in [5.41, 5.74) is 9.67. The van der Waals surface area contributed by atoms with E-state index in [1.807, 2.05) is 49.4 Å². The third-order valence-corrected chi connectivity index (χ3v) is 4.05. The van der Waals surface area contributed by atoms with Gasteiger partial charge in [0, 0.05) is 5.69 Å². The molecule has 26 heavy (non-hydrogen) atoms. The molecule has 4 N–H and O–H groups in total. The number of hydrogen-bond donors (Lipinski definition) is 3. The van der Waals surface area contributed by atoms with Crippen LogP contribution in [0.1, 0.15) is 6.92 Å². The Balaban J connectivity index is 1.86. The molecule has 2 aromatic carbocycles. The summed E-state index contributed by atoms with van der Waals surface area (Å²) in [5, 5.41) is 0. The molecule has 0 radical (unpaired) electrons. The number of aromatic nitrogens is 4. The van der Waals surface area contributed by atoms with Crippen molar-refractivity contribution in [1.82, 2.24) is 19.9 Å². The van der Waals surface area contributed by atoms with Gasteiger partial charge in [-0.3, -0.25) is 4.79 Å². The molecule has 0 aliphatic heterocycles. The monoisotopic (exact) mass is 347 g/mol. The first-order valence-corrected chi connectivity index (χ1v) is 8.22. The third kappa shape index (κ3) is 2.79. The standard InChI is InChI=1S/C19H17N5O2/c1-2-26-15-9-12(11-4-3-5-13(20)8-11)6-7-14(15)17-23-18-16(19(25)24-17)21-10-22-18/h3-10H,2,20H2,1H3,(H2,21,22,23,24,25). The van der Waals surface area contributed by atoms with E-state index in [0.717, 1.165) is 11.1 Å². The number of ether oxygens (including phenoxy) is 1. The van der Waals surface area contributed by atoms with Crippen molar-refractivity contribution >= 4 is 16.9 Å². The predicted octanol–water partition coefficient (Wildman–Crippen LogP) is 2.96. The second-order valence-electron chi connectivity index (χ2n) is 5.79. The Morgan fingerprint density at radius 1 is 1.15 bits per heavy atom. The maximum atomic E-state index is 12.2. The summed E-state index contributed by atoms with van der Waals surface area (Å²) < 4.78 is 5.80. The van der Waals surface area contributed by atoms with Crippen LogP contribution in [-0.4, -0.2) is 26.5 Å². The van der Waals surface area contributed by atoms with Crippen LogP contribution in [0.2, 0.25) is 0 Å². The summed E-state index contributed by atoms with van der Waals surface area (Å²) in [6, 6.07) is 13.4. The summed E-state index contributed by atoms with van der Waals surface area (Å²) in [6.45, 7) is 2.40. The van der Waals surface area contributed by atoms with Gasteiger partial charge in [-0.15, -0.1) is 0 Å². The number of benzene rings is 2. The number of nitrogens with one attached hydrogen (secondary N) is 2. The maximum Gasteiger partial charge on any atom is 0.277 e. The molecule has 2 heterocycles. The first-order chi connectivity index (χ1) is 12.7. The van der Waals surface area contributed by atoms with Crippen LogP contribution in [0.4, 0.5) is 5.69 Å². The largest absolute Gasteiger partial charge is 0.493 e. The van der Waals surface area contributed by atoms with E-state index < -0.39 is 0 Å². The van der Waals surface area contributed by atoms with Crippen molar-refractivity contribution in [2.24, 2.45) is 0 Å². The van der Waals surface area contributed by atoms with Gasteiger partial charge in [0.15, 0.2) is 11.2 Å². The molecule has 0 unspecified atom stereocenters.